The molecule has 31 heavy (non-hydrogen) atoms. The highest BCUT2D eigenvalue weighted by molar-refractivity contribution is 5.83. The fourth-order valence-corrected chi connectivity index (χ4v) is 10.4. The molecule has 2 N–H and O–H groups in total. The van der Waals surface area contributed by atoms with Gasteiger partial charge >= 0.3 is 0 Å². The van der Waals surface area contributed by atoms with Crippen LogP contribution in [0.3, 0.4) is 0 Å². The summed E-state index contributed by atoms with van der Waals surface area (Å²) < 4.78 is 0. The summed E-state index contributed by atoms with van der Waals surface area (Å²) in [6.45, 7) is 9.23. The number of hydrogen-bond acceptors (Lipinski definition) is 4. The highest BCUT2D eigenvalue weighted by atomic mass is 16.3. The van der Waals surface area contributed by atoms with Crippen molar-refractivity contribution < 1.29 is 15.0 Å². The molecule has 2 heterocycles. The maximum absolute atomic E-state index is 13.2. The number of piperidine rings is 2. The first-order valence-corrected chi connectivity index (χ1v) is 13.4. The van der Waals surface area contributed by atoms with Crippen molar-refractivity contribution in [3.63, 3.8) is 0 Å². The fourth-order valence-electron chi connectivity index (χ4n) is 10.4. The number of ketones is 1. The summed E-state index contributed by atoms with van der Waals surface area (Å²) in [6.07, 6.45) is 9.08. The molecule has 174 valence electrons. The number of aliphatic hydroxyl groups excluding tert-OH is 1. The number of carbonyl (C=O) groups is 1. The molecule has 0 aromatic rings. The number of rotatable bonds is 0. The Morgan fingerprint density at radius 3 is 2.52 bits per heavy atom. The van der Waals surface area contributed by atoms with Crippen LogP contribution < -0.4 is 0 Å². The van der Waals surface area contributed by atoms with Crippen molar-refractivity contribution in [2.24, 2.45) is 52.8 Å². The van der Waals surface area contributed by atoms with Crippen LogP contribution in [0.25, 0.3) is 0 Å². The lowest BCUT2D eigenvalue weighted by Gasteiger charge is -2.59. The summed E-state index contributed by atoms with van der Waals surface area (Å²) in [6, 6.07) is 0.341. The van der Waals surface area contributed by atoms with Gasteiger partial charge in [0.25, 0.3) is 0 Å². The first-order valence-electron chi connectivity index (χ1n) is 13.4. The van der Waals surface area contributed by atoms with Crippen LogP contribution in [-0.4, -0.2) is 51.7 Å². The molecule has 6 rings (SSSR count). The lowest BCUT2D eigenvalue weighted by atomic mass is 9.51. The van der Waals surface area contributed by atoms with E-state index in [0.29, 0.717) is 53.8 Å². The Morgan fingerprint density at radius 1 is 0.903 bits per heavy atom. The molecule has 4 aliphatic carbocycles. The van der Waals surface area contributed by atoms with Gasteiger partial charge in [0.1, 0.15) is 5.78 Å². The Morgan fingerprint density at radius 2 is 1.71 bits per heavy atom. The van der Waals surface area contributed by atoms with Gasteiger partial charge in [-0.3, -0.25) is 9.69 Å². The van der Waals surface area contributed by atoms with Crippen LogP contribution in [0.1, 0.15) is 78.6 Å². The monoisotopic (exact) mass is 429 g/mol. The quantitative estimate of drug-likeness (QED) is 0.613. The molecule has 4 heteroatoms. The molecule has 0 bridgehead atoms. The van der Waals surface area contributed by atoms with Gasteiger partial charge in [-0.25, -0.2) is 0 Å². The molecule has 12 atom stereocenters. The van der Waals surface area contributed by atoms with Crippen molar-refractivity contribution in [3.8, 4) is 0 Å². The molecule has 0 radical (unpaired) electrons. The Labute approximate surface area is 188 Å². The van der Waals surface area contributed by atoms with Gasteiger partial charge in [-0.05, 0) is 105 Å². The minimum atomic E-state index is -0.570. The first kappa shape index (κ1) is 21.1. The summed E-state index contributed by atoms with van der Waals surface area (Å²) in [5.74, 6) is 4.82. The predicted octanol–water partition coefficient (Wildman–Crippen LogP) is 3.89. The summed E-state index contributed by atoms with van der Waals surface area (Å²) in [5.41, 5.74) is -0.482. The number of fused-ring (bicyclic) bond motifs is 8. The first-order chi connectivity index (χ1) is 14.7. The number of aliphatic hydroxyl groups is 2. The molecule has 0 spiro atoms. The molecule has 2 saturated heterocycles. The lowest BCUT2D eigenvalue weighted by Crippen LogP contribution is -2.67. The Hall–Kier alpha value is -0.450. The van der Waals surface area contributed by atoms with Gasteiger partial charge in [0, 0.05) is 31.5 Å². The maximum atomic E-state index is 13.2. The third-order valence-electron chi connectivity index (χ3n) is 11.8. The molecule has 0 amide bonds. The van der Waals surface area contributed by atoms with Crippen LogP contribution in [0.5, 0.6) is 0 Å². The highest BCUT2D eigenvalue weighted by Gasteiger charge is 2.64. The van der Waals surface area contributed by atoms with Gasteiger partial charge < -0.3 is 10.2 Å². The topological polar surface area (TPSA) is 60.8 Å². The second-order valence-electron chi connectivity index (χ2n) is 13.2. The number of Topliss-reactive ketones (excluding diaryl/α,β-unsaturated/α-hetero) is 1. The number of carbonyl (C=O) groups excluding carboxylic acids is 1. The van der Waals surface area contributed by atoms with Gasteiger partial charge in [-0.1, -0.05) is 13.8 Å². The van der Waals surface area contributed by atoms with Crippen LogP contribution in [0.4, 0.5) is 0 Å². The smallest absolute Gasteiger partial charge is 0.136 e. The van der Waals surface area contributed by atoms with Gasteiger partial charge in [0.05, 0.1) is 11.7 Å². The third-order valence-corrected chi connectivity index (χ3v) is 11.8. The average Bonchev–Trinajstić information content (AvgIpc) is 3.09. The van der Waals surface area contributed by atoms with Crippen molar-refractivity contribution in [2.45, 2.75) is 96.3 Å². The summed E-state index contributed by atoms with van der Waals surface area (Å²) >= 11 is 0. The summed E-state index contributed by atoms with van der Waals surface area (Å²) in [7, 11) is 0. The van der Waals surface area contributed by atoms with Crippen molar-refractivity contribution in [1.82, 2.24) is 4.90 Å². The molecule has 0 aromatic carbocycles. The van der Waals surface area contributed by atoms with Gasteiger partial charge in [0.2, 0.25) is 0 Å². The molecular weight excluding hydrogens is 386 g/mol. The third kappa shape index (κ3) is 2.93. The van der Waals surface area contributed by atoms with E-state index in [1.807, 2.05) is 0 Å². The lowest BCUT2D eigenvalue weighted by molar-refractivity contribution is -0.175. The van der Waals surface area contributed by atoms with Gasteiger partial charge in [-0.2, -0.15) is 0 Å². The van der Waals surface area contributed by atoms with Crippen LogP contribution in [0.15, 0.2) is 0 Å². The van der Waals surface area contributed by atoms with E-state index in [2.05, 4.69) is 25.7 Å². The van der Waals surface area contributed by atoms with E-state index < -0.39 is 5.60 Å². The van der Waals surface area contributed by atoms with Gasteiger partial charge in [-0.15, -0.1) is 0 Å². The van der Waals surface area contributed by atoms with Crippen LogP contribution >= 0.6 is 0 Å². The standard InChI is InChI=1S/C27H43NO3/c1-15-4-7-25-27(3,31)21-6-5-17-18(20(21)14-28(25)13-15)11-22-19(17)12-24(30)23-10-16(29)8-9-26(22,23)2/h15-23,25,29,31H,4-14H2,1-3H3/t15-,16?,17+,18+,19-,20?,21?,22-,23?,25-,26+,27-/m1/s1. The van der Waals surface area contributed by atoms with Crippen molar-refractivity contribution in [3.05, 3.63) is 0 Å². The molecule has 6 aliphatic rings. The van der Waals surface area contributed by atoms with Crippen molar-refractivity contribution in [1.29, 1.82) is 0 Å². The van der Waals surface area contributed by atoms with Crippen LogP contribution in [0, 0.1) is 52.8 Å². The van der Waals surface area contributed by atoms with Crippen LogP contribution in [-0.2, 0) is 4.79 Å². The van der Waals surface area contributed by atoms with E-state index in [0.717, 1.165) is 44.6 Å². The molecule has 4 unspecified atom stereocenters. The largest absolute Gasteiger partial charge is 0.393 e. The average molecular weight is 430 g/mol. The summed E-state index contributed by atoms with van der Waals surface area (Å²) in [5, 5.41) is 22.1. The van der Waals surface area contributed by atoms with E-state index >= 15 is 0 Å². The zero-order valence-corrected chi connectivity index (χ0v) is 19.8. The van der Waals surface area contributed by atoms with E-state index in [1.165, 1.54) is 25.8 Å². The zero-order valence-electron chi connectivity index (χ0n) is 19.8. The Bertz CT molecular complexity index is 751. The molecular formula is C27H43NO3. The minimum Gasteiger partial charge on any atom is -0.393 e. The Balaban J connectivity index is 1.31. The SMILES string of the molecule is C[C@@H]1CC[C@H]2N(CC3C(CC[C@@H]4[C@H]5CC(=O)C6CC(O)CC[C@@]6(C)[C@@H]5C[C@H]34)[C@@]2(C)O)C1. The van der Waals surface area contributed by atoms with E-state index in [-0.39, 0.29) is 17.4 Å². The second kappa shape index (κ2) is 7.03. The maximum Gasteiger partial charge on any atom is 0.136 e. The molecule has 6 fully saturated rings. The highest BCUT2D eigenvalue weighted by Crippen LogP contribution is 2.66. The second-order valence-corrected chi connectivity index (χ2v) is 13.2. The minimum absolute atomic E-state index is 0.0789. The van der Waals surface area contributed by atoms with E-state index in [4.69, 9.17) is 0 Å². The number of hydrogen-bond donors (Lipinski definition) is 2. The van der Waals surface area contributed by atoms with Gasteiger partial charge in [0.15, 0.2) is 0 Å². The van der Waals surface area contributed by atoms with Crippen molar-refractivity contribution in [2.75, 3.05) is 13.1 Å². The van der Waals surface area contributed by atoms with E-state index in [9.17, 15) is 15.0 Å². The predicted molar refractivity (Wildman–Crippen MR) is 120 cm³/mol. The molecule has 0 aromatic heterocycles. The summed E-state index contributed by atoms with van der Waals surface area (Å²) in [4.78, 5) is 15.9. The Kier molecular flexibility index (Phi) is 4.78. The normalized spacial score (nSPS) is 59.2. The number of nitrogens with zero attached hydrogens (tertiary/aromatic N) is 1. The molecule has 4 saturated carbocycles. The van der Waals surface area contributed by atoms with E-state index in [1.54, 1.807) is 0 Å². The molecule has 2 aliphatic heterocycles. The van der Waals surface area contributed by atoms with Crippen LogP contribution in [0.2, 0.25) is 0 Å². The van der Waals surface area contributed by atoms with Crippen molar-refractivity contribution >= 4 is 5.78 Å². The fraction of sp³-hybridized carbons (Fsp3) is 0.963. The zero-order chi connectivity index (χ0) is 21.7. The molecule has 4 nitrogen and oxygen atoms in total.